The molecule has 0 atom stereocenters. The normalized spacial score (nSPS) is 9.39. The quantitative estimate of drug-likeness (QED) is 0.475. The van der Waals surface area contributed by atoms with Crippen molar-refractivity contribution in [3.8, 4) is 0 Å². The molecule has 98 valence electrons. The maximum absolute atomic E-state index is 4.19. The topological polar surface area (TPSA) is 36.4 Å². The molecular formula is C12H16IN3S2. The van der Waals surface area contributed by atoms with E-state index in [1.54, 1.807) is 29.7 Å². The number of nitrogens with zero attached hydrogens (tertiary/aromatic N) is 1. The summed E-state index contributed by atoms with van der Waals surface area (Å²) in [5.41, 5.74) is 0. The van der Waals surface area contributed by atoms with Gasteiger partial charge in [0.2, 0.25) is 0 Å². The third-order valence-corrected chi connectivity index (χ3v) is 4.00. The maximum atomic E-state index is 4.19. The monoisotopic (exact) mass is 393 g/mol. The number of rotatable bonds is 4. The van der Waals surface area contributed by atoms with Crippen LogP contribution in [0.5, 0.6) is 0 Å². The van der Waals surface area contributed by atoms with Crippen molar-refractivity contribution in [3.05, 3.63) is 44.8 Å². The zero-order chi connectivity index (χ0) is 11.9. The van der Waals surface area contributed by atoms with E-state index in [4.69, 9.17) is 0 Å². The van der Waals surface area contributed by atoms with E-state index in [2.05, 4.69) is 50.7 Å². The fourth-order valence-electron chi connectivity index (χ4n) is 1.39. The van der Waals surface area contributed by atoms with Gasteiger partial charge in [0.1, 0.15) is 0 Å². The molecule has 6 heteroatoms. The largest absolute Gasteiger partial charge is 0.352 e. The molecular weight excluding hydrogens is 377 g/mol. The Morgan fingerprint density at radius 1 is 1.06 bits per heavy atom. The second-order valence-corrected chi connectivity index (χ2v) is 5.50. The Kier molecular flexibility index (Phi) is 7.29. The highest BCUT2D eigenvalue weighted by molar-refractivity contribution is 14.0. The summed E-state index contributed by atoms with van der Waals surface area (Å²) in [7, 11) is 1.79. The first kappa shape index (κ1) is 15.5. The molecule has 0 aliphatic heterocycles. The van der Waals surface area contributed by atoms with Crippen LogP contribution in [0.3, 0.4) is 0 Å². The van der Waals surface area contributed by atoms with Crippen LogP contribution < -0.4 is 10.6 Å². The Morgan fingerprint density at radius 3 is 1.89 bits per heavy atom. The lowest BCUT2D eigenvalue weighted by atomic mass is 10.4. The van der Waals surface area contributed by atoms with Gasteiger partial charge in [0, 0.05) is 16.8 Å². The summed E-state index contributed by atoms with van der Waals surface area (Å²) >= 11 is 3.50. The summed E-state index contributed by atoms with van der Waals surface area (Å²) in [4.78, 5) is 6.81. The van der Waals surface area contributed by atoms with Gasteiger partial charge < -0.3 is 10.6 Å². The fourth-order valence-corrected chi connectivity index (χ4v) is 2.68. The molecule has 2 N–H and O–H groups in total. The van der Waals surface area contributed by atoms with Crippen molar-refractivity contribution in [2.45, 2.75) is 13.1 Å². The highest BCUT2D eigenvalue weighted by Crippen LogP contribution is 2.08. The minimum atomic E-state index is 0. The molecule has 18 heavy (non-hydrogen) atoms. The Labute approximate surface area is 132 Å². The number of guanidine groups is 1. The summed E-state index contributed by atoms with van der Waals surface area (Å²) in [6.45, 7) is 1.64. The minimum Gasteiger partial charge on any atom is -0.352 e. The molecule has 0 unspecified atom stereocenters. The van der Waals surface area contributed by atoms with Crippen molar-refractivity contribution in [3.63, 3.8) is 0 Å². The van der Waals surface area contributed by atoms with Crippen molar-refractivity contribution >= 4 is 52.6 Å². The summed E-state index contributed by atoms with van der Waals surface area (Å²) in [6, 6.07) is 8.35. The molecule has 2 aromatic heterocycles. The molecule has 2 aromatic rings. The van der Waals surface area contributed by atoms with Gasteiger partial charge in [-0.2, -0.15) is 0 Å². The second kappa shape index (κ2) is 8.49. The van der Waals surface area contributed by atoms with Gasteiger partial charge in [-0.3, -0.25) is 4.99 Å². The van der Waals surface area contributed by atoms with Gasteiger partial charge in [0.25, 0.3) is 0 Å². The predicted octanol–water partition coefficient (Wildman–Crippen LogP) is 3.29. The Morgan fingerprint density at radius 2 is 1.56 bits per heavy atom. The highest BCUT2D eigenvalue weighted by Gasteiger charge is 1.99. The van der Waals surface area contributed by atoms with Crippen LogP contribution in [0.1, 0.15) is 9.75 Å². The molecule has 0 saturated heterocycles. The lowest BCUT2D eigenvalue weighted by Gasteiger charge is -2.10. The SMILES string of the molecule is CN=C(NCc1cccs1)NCc1cccs1.I. The molecule has 0 radical (unpaired) electrons. The van der Waals surface area contributed by atoms with Crippen LogP contribution in [-0.2, 0) is 13.1 Å². The third-order valence-electron chi connectivity index (χ3n) is 2.24. The van der Waals surface area contributed by atoms with Gasteiger partial charge in [0.05, 0.1) is 13.1 Å². The van der Waals surface area contributed by atoms with Gasteiger partial charge in [-0.1, -0.05) is 12.1 Å². The summed E-state index contributed by atoms with van der Waals surface area (Å²) < 4.78 is 0. The van der Waals surface area contributed by atoms with Crippen LogP contribution in [0, 0.1) is 0 Å². The van der Waals surface area contributed by atoms with Crippen LogP contribution in [0.25, 0.3) is 0 Å². The number of hydrogen-bond acceptors (Lipinski definition) is 3. The van der Waals surface area contributed by atoms with Crippen molar-refractivity contribution in [2.24, 2.45) is 4.99 Å². The van der Waals surface area contributed by atoms with E-state index in [0.29, 0.717) is 0 Å². The van der Waals surface area contributed by atoms with E-state index in [0.717, 1.165) is 19.0 Å². The van der Waals surface area contributed by atoms with Crippen LogP contribution in [0.15, 0.2) is 40.0 Å². The van der Waals surface area contributed by atoms with Crippen LogP contribution in [0.2, 0.25) is 0 Å². The Balaban J connectivity index is 0.00000162. The Hall–Kier alpha value is -0.600. The number of halogens is 1. The maximum Gasteiger partial charge on any atom is 0.191 e. The highest BCUT2D eigenvalue weighted by atomic mass is 127. The standard InChI is InChI=1S/C12H15N3S2.HI/c1-13-12(14-8-10-4-2-6-16-10)15-9-11-5-3-7-17-11;/h2-7H,8-9H2,1H3,(H2,13,14,15);1H. The van der Waals surface area contributed by atoms with Gasteiger partial charge in [-0.25, -0.2) is 0 Å². The van der Waals surface area contributed by atoms with E-state index in [9.17, 15) is 0 Å². The molecule has 3 nitrogen and oxygen atoms in total. The first-order valence-corrected chi connectivity index (χ1v) is 7.13. The molecule has 2 rings (SSSR count). The van der Waals surface area contributed by atoms with E-state index < -0.39 is 0 Å². The van der Waals surface area contributed by atoms with Crippen molar-refractivity contribution < 1.29 is 0 Å². The van der Waals surface area contributed by atoms with Crippen LogP contribution >= 0.6 is 46.7 Å². The number of thiophene rings is 2. The zero-order valence-electron chi connectivity index (χ0n) is 10.1. The Bertz CT molecular complexity index is 411. The first-order valence-electron chi connectivity index (χ1n) is 5.38. The smallest absolute Gasteiger partial charge is 0.191 e. The molecule has 0 aliphatic carbocycles. The summed E-state index contributed by atoms with van der Waals surface area (Å²) in [6.07, 6.45) is 0. The zero-order valence-corrected chi connectivity index (χ0v) is 14.0. The van der Waals surface area contributed by atoms with Crippen LogP contribution in [0.4, 0.5) is 0 Å². The first-order chi connectivity index (χ1) is 8.38. The van der Waals surface area contributed by atoms with Crippen molar-refractivity contribution in [1.82, 2.24) is 10.6 Å². The fraction of sp³-hybridized carbons (Fsp3) is 0.250. The van der Waals surface area contributed by atoms with Crippen molar-refractivity contribution in [2.75, 3.05) is 7.05 Å². The van der Waals surface area contributed by atoms with E-state index in [-0.39, 0.29) is 24.0 Å². The number of aliphatic imine (C=N–C) groups is 1. The van der Waals surface area contributed by atoms with Gasteiger partial charge in [-0.05, 0) is 22.9 Å². The molecule has 0 spiro atoms. The predicted molar refractivity (Wildman–Crippen MR) is 91.1 cm³/mol. The van der Waals surface area contributed by atoms with E-state index >= 15 is 0 Å². The number of hydrogen-bond donors (Lipinski definition) is 2. The molecule has 0 aliphatic rings. The number of nitrogens with one attached hydrogen (secondary N) is 2. The lowest BCUT2D eigenvalue weighted by molar-refractivity contribution is 0.823. The molecule has 0 amide bonds. The second-order valence-electron chi connectivity index (χ2n) is 3.44. The van der Waals surface area contributed by atoms with E-state index in [1.165, 1.54) is 9.75 Å². The van der Waals surface area contributed by atoms with E-state index in [1.807, 2.05) is 0 Å². The van der Waals surface area contributed by atoms with Gasteiger partial charge >= 0.3 is 0 Å². The average Bonchev–Trinajstić information content (AvgIpc) is 3.02. The molecule has 2 heterocycles. The third kappa shape index (κ3) is 4.95. The lowest BCUT2D eigenvalue weighted by Crippen LogP contribution is -2.35. The minimum absolute atomic E-state index is 0. The molecule has 0 fully saturated rings. The molecule has 0 saturated carbocycles. The van der Waals surface area contributed by atoms with Crippen LogP contribution in [-0.4, -0.2) is 13.0 Å². The van der Waals surface area contributed by atoms with Gasteiger partial charge in [-0.15, -0.1) is 46.7 Å². The summed E-state index contributed by atoms with van der Waals surface area (Å²) in [5, 5.41) is 10.7. The van der Waals surface area contributed by atoms with Crippen molar-refractivity contribution in [1.29, 1.82) is 0 Å². The average molecular weight is 393 g/mol. The summed E-state index contributed by atoms with van der Waals surface area (Å²) in [5.74, 6) is 0.840. The van der Waals surface area contributed by atoms with Gasteiger partial charge in [0.15, 0.2) is 5.96 Å². The molecule has 0 bridgehead atoms. The molecule has 0 aromatic carbocycles.